The van der Waals surface area contributed by atoms with Crippen LogP contribution in [-0.4, -0.2) is 60.8 Å². The highest BCUT2D eigenvalue weighted by Crippen LogP contribution is 2.26. The molecule has 1 amide bonds. The standard InChI is InChI=1S/C13H27N3O2/c1-9-7-16(13(2,3)4)8-10(14)11(9)15(5)12(17)18-6/h9-11H,7-8,14H2,1-6H3/t9-,10+,11-/m0/s1. The molecular formula is C13H27N3O2. The van der Waals surface area contributed by atoms with E-state index >= 15 is 0 Å². The Morgan fingerprint density at radius 2 is 1.94 bits per heavy atom. The second-order valence-corrected chi connectivity index (χ2v) is 6.29. The van der Waals surface area contributed by atoms with Gasteiger partial charge >= 0.3 is 6.09 Å². The van der Waals surface area contributed by atoms with Crippen molar-refractivity contribution >= 4 is 6.09 Å². The van der Waals surface area contributed by atoms with E-state index in [1.54, 1.807) is 11.9 Å². The lowest BCUT2D eigenvalue weighted by molar-refractivity contribution is 0.0154. The van der Waals surface area contributed by atoms with Gasteiger partial charge in [0.25, 0.3) is 0 Å². The fourth-order valence-corrected chi connectivity index (χ4v) is 2.80. The van der Waals surface area contributed by atoms with Crippen molar-refractivity contribution in [2.24, 2.45) is 11.7 Å². The maximum absolute atomic E-state index is 11.6. The number of likely N-dealkylation sites (tertiary alicyclic amines) is 1. The van der Waals surface area contributed by atoms with Crippen LogP contribution in [0.3, 0.4) is 0 Å². The van der Waals surface area contributed by atoms with Crippen molar-refractivity contribution < 1.29 is 9.53 Å². The maximum Gasteiger partial charge on any atom is 0.409 e. The third-order valence-corrected chi connectivity index (χ3v) is 3.82. The van der Waals surface area contributed by atoms with Crippen molar-refractivity contribution in [1.29, 1.82) is 0 Å². The molecule has 0 aromatic heterocycles. The monoisotopic (exact) mass is 257 g/mol. The highest BCUT2D eigenvalue weighted by Gasteiger charge is 2.39. The Morgan fingerprint density at radius 1 is 1.39 bits per heavy atom. The first-order valence-electron chi connectivity index (χ1n) is 6.50. The number of carbonyl (C=O) groups excluding carboxylic acids is 1. The van der Waals surface area contributed by atoms with E-state index in [0.717, 1.165) is 13.1 Å². The number of rotatable bonds is 1. The Morgan fingerprint density at radius 3 is 2.33 bits per heavy atom. The number of nitrogens with zero attached hydrogens (tertiary/aromatic N) is 2. The Bertz CT molecular complexity index is 289. The van der Waals surface area contributed by atoms with E-state index in [-0.39, 0.29) is 23.7 Å². The fourth-order valence-electron chi connectivity index (χ4n) is 2.80. The summed E-state index contributed by atoms with van der Waals surface area (Å²) >= 11 is 0. The molecule has 1 rings (SSSR count). The van der Waals surface area contributed by atoms with Gasteiger partial charge < -0.3 is 15.4 Å². The first-order chi connectivity index (χ1) is 8.18. The molecule has 1 aliphatic heterocycles. The van der Waals surface area contributed by atoms with Gasteiger partial charge in [-0.15, -0.1) is 0 Å². The molecule has 0 aromatic rings. The molecule has 1 aliphatic rings. The van der Waals surface area contributed by atoms with Crippen LogP contribution in [-0.2, 0) is 4.74 Å². The number of carbonyl (C=O) groups is 1. The summed E-state index contributed by atoms with van der Waals surface area (Å²) in [7, 11) is 3.17. The van der Waals surface area contributed by atoms with Gasteiger partial charge in [-0.05, 0) is 26.7 Å². The summed E-state index contributed by atoms with van der Waals surface area (Å²) in [6, 6.07) is -0.00637. The van der Waals surface area contributed by atoms with Crippen LogP contribution in [0.4, 0.5) is 4.79 Å². The van der Waals surface area contributed by atoms with Gasteiger partial charge in [0.1, 0.15) is 0 Å². The van der Waals surface area contributed by atoms with Gasteiger partial charge in [0.15, 0.2) is 0 Å². The van der Waals surface area contributed by atoms with Gasteiger partial charge in [-0.25, -0.2) is 4.79 Å². The first kappa shape index (κ1) is 15.2. The Balaban J connectivity index is 2.78. The summed E-state index contributed by atoms with van der Waals surface area (Å²) in [5.41, 5.74) is 6.37. The molecule has 1 saturated heterocycles. The van der Waals surface area contributed by atoms with E-state index in [1.165, 1.54) is 7.11 Å². The van der Waals surface area contributed by atoms with E-state index in [1.807, 2.05) is 0 Å². The van der Waals surface area contributed by atoms with Gasteiger partial charge in [0.2, 0.25) is 0 Å². The van der Waals surface area contributed by atoms with Gasteiger partial charge in [0, 0.05) is 31.7 Å². The highest BCUT2D eigenvalue weighted by molar-refractivity contribution is 5.67. The number of hydrogen-bond donors (Lipinski definition) is 1. The van der Waals surface area contributed by atoms with Crippen molar-refractivity contribution in [3.63, 3.8) is 0 Å². The Labute approximate surface area is 110 Å². The quantitative estimate of drug-likeness (QED) is 0.765. The van der Waals surface area contributed by atoms with Crippen molar-refractivity contribution in [3.8, 4) is 0 Å². The molecule has 0 aromatic carbocycles. The molecule has 0 spiro atoms. The van der Waals surface area contributed by atoms with Crippen LogP contribution in [0.25, 0.3) is 0 Å². The number of piperidine rings is 1. The lowest BCUT2D eigenvalue weighted by atomic mass is 9.86. The van der Waals surface area contributed by atoms with E-state index in [2.05, 4.69) is 32.6 Å². The SMILES string of the molecule is COC(=O)N(C)[C@@H]1[C@H](N)CN(C(C)(C)C)C[C@@H]1C. The molecule has 0 radical (unpaired) electrons. The minimum absolute atomic E-state index is 0.0380. The number of nitrogens with two attached hydrogens (primary N) is 1. The first-order valence-corrected chi connectivity index (χ1v) is 6.50. The number of amides is 1. The zero-order valence-corrected chi connectivity index (χ0v) is 12.4. The smallest absolute Gasteiger partial charge is 0.409 e. The lowest BCUT2D eigenvalue weighted by Crippen LogP contribution is -2.64. The molecule has 2 N–H and O–H groups in total. The highest BCUT2D eigenvalue weighted by atomic mass is 16.5. The van der Waals surface area contributed by atoms with Crippen LogP contribution < -0.4 is 5.73 Å². The number of methoxy groups -OCH3 is 1. The van der Waals surface area contributed by atoms with E-state index in [9.17, 15) is 4.79 Å². The lowest BCUT2D eigenvalue weighted by Gasteiger charge is -2.49. The third kappa shape index (κ3) is 3.14. The van der Waals surface area contributed by atoms with Crippen molar-refractivity contribution in [2.45, 2.75) is 45.3 Å². The van der Waals surface area contributed by atoms with Crippen molar-refractivity contribution in [3.05, 3.63) is 0 Å². The van der Waals surface area contributed by atoms with E-state index < -0.39 is 0 Å². The number of ether oxygens (including phenoxy) is 1. The number of likely N-dealkylation sites (N-methyl/N-ethyl adjacent to an activating group) is 1. The van der Waals surface area contributed by atoms with Gasteiger partial charge in [-0.1, -0.05) is 6.92 Å². The summed E-state index contributed by atoms with van der Waals surface area (Å²) < 4.78 is 4.77. The van der Waals surface area contributed by atoms with Gasteiger partial charge in [0.05, 0.1) is 13.2 Å². The Kier molecular flexibility index (Phi) is 4.61. The Hall–Kier alpha value is -0.810. The average Bonchev–Trinajstić information content (AvgIpc) is 2.25. The van der Waals surface area contributed by atoms with Crippen molar-refractivity contribution in [1.82, 2.24) is 9.80 Å². The second-order valence-electron chi connectivity index (χ2n) is 6.29. The molecule has 3 atom stereocenters. The summed E-state index contributed by atoms with van der Waals surface area (Å²) in [4.78, 5) is 15.6. The zero-order valence-electron chi connectivity index (χ0n) is 12.4. The summed E-state index contributed by atoms with van der Waals surface area (Å²) in [5.74, 6) is 0.331. The van der Waals surface area contributed by atoms with Gasteiger partial charge in [-0.3, -0.25) is 4.90 Å². The maximum atomic E-state index is 11.6. The molecule has 0 aliphatic carbocycles. The number of hydrogen-bond acceptors (Lipinski definition) is 4. The van der Waals surface area contributed by atoms with Crippen LogP contribution in [0, 0.1) is 5.92 Å². The fraction of sp³-hybridized carbons (Fsp3) is 0.923. The van der Waals surface area contributed by atoms with Crippen LogP contribution >= 0.6 is 0 Å². The molecule has 18 heavy (non-hydrogen) atoms. The molecule has 1 heterocycles. The summed E-state index contributed by atoms with van der Waals surface area (Å²) in [6.07, 6.45) is -0.313. The van der Waals surface area contributed by atoms with E-state index in [4.69, 9.17) is 10.5 Å². The van der Waals surface area contributed by atoms with Crippen LogP contribution in [0.5, 0.6) is 0 Å². The molecule has 5 nitrogen and oxygen atoms in total. The topological polar surface area (TPSA) is 58.8 Å². The molecule has 1 fully saturated rings. The molecule has 0 bridgehead atoms. The largest absolute Gasteiger partial charge is 0.453 e. The van der Waals surface area contributed by atoms with Crippen LogP contribution in [0.15, 0.2) is 0 Å². The summed E-state index contributed by atoms with van der Waals surface area (Å²) in [5, 5.41) is 0. The molecular weight excluding hydrogens is 230 g/mol. The second kappa shape index (κ2) is 5.45. The van der Waals surface area contributed by atoms with Crippen molar-refractivity contribution in [2.75, 3.05) is 27.2 Å². The molecule has 5 heteroatoms. The van der Waals surface area contributed by atoms with E-state index in [0.29, 0.717) is 5.92 Å². The minimum atomic E-state index is -0.313. The predicted molar refractivity (Wildman–Crippen MR) is 72.4 cm³/mol. The molecule has 0 saturated carbocycles. The zero-order chi connectivity index (χ0) is 14.1. The third-order valence-electron chi connectivity index (χ3n) is 3.82. The predicted octanol–water partition coefficient (Wildman–Crippen LogP) is 1.13. The molecule has 106 valence electrons. The molecule has 0 unspecified atom stereocenters. The van der Waals surface area contributed by atoms with Crippen LogP contribution in [0.2, 0.25) is 0 Å². The minimum Gasteiger partial charge on any atom is -0.453 e. The summed E-state index contributed by atoms with van der Waals surface area (Å²) in [6.45, 7) is 10.5. The average molecular weight is 257 g/mol. The van der Waals surface area contributed by atoms with Crippen LogP contribution in [0.1, 0.15) is 27.7 Å². The van der Waals surface area contributed by atoms with Gasteiger partial charge in [-0.2, -0.15) is 0 Å². The normalized spacial score (nSPS) is 30.1.